The van der Waals surface area contributed by atoms with Crippen molar-refractivity contribution in [3.05, 3.63) is 64.2 Å². The molecule has 2 aromatic carbocycles. The summed E-state index contributed by atoms with van der Waals surface area (Å²) in [5, 5.41) is 4.13. The highest BCUT2D eigenvalue weighted by Gasteiger charge is 2.14. The van der Waals surface area contributed by atoms with Crippen molar-refractivity contribution in [1.82, 2.24) is 5.32 Å². The first-order valence-corrected chi connectivity index (χ1v) is 7.69. The summed E-state index contributed by atoms with van der Waals surface area (Å²) in [6, 6.07) is 14.4. The predicted octanol–water partition coefficient (Wildman–Crippen LogP) is 4.75. The summed E-state index contributed by atoms with van der Waals surface area (Å²) in [6.07, 6.45) is 1.02. The fourth-order valence-corrected chi connectivity index (χ4v) is 2.58. The van der Waals surface area contributed by atoms with Crippen molar-refractivity contribution in [2.75, 3.05) is 13.7 Å². The van der Waals surface area contributed by atoms with Crippen molar-refractivity contribution in [2.24, 2.45) is 0 Å². The Hall–Kier alpha value is -1.51. The molecule has 0 fully saturated rings. The number of rotatable bonds is 6. The van der Waals surface area contributed by atoms with Crippen LogP contribution in [0.1, 0.15) is 36.1 Å². The van der Waals surface area contributed by atoms with Gasteiger partial charge >= 0.3 is 0 Å². The van der Waals surface area contributed by atoms with Gasteiger partial charge in [0.2, 0.25) is 0 Å². The maximum atomic E-state index is 6.14. The van der Waals surface area contributed by atoms with Crippen LogP contribution in [0.2, 0.25) is 5.02 Å². The van der Waals surface area contributed by atoms with Crippen LogP contribution in [0.25, 0.3) is 0 Å². The first-order chi connectivity index (χ1) is 10.2. The Bertz CT molecular complexity index is 580. The van der Waals surface area contributed by atoms with Crippen molar-refractivity contribution >= 4 is 11.6 Å². The molecule has 0 aliphatic heterocycles. The molecule has 21 heavy (non-hydrogen) atoms. The third-order valence-corrected chi connectivity index (χ3v) is 3.76. The molecule has 0 aromatic heterocycles. The SMILES string of the molecule is CCCOc1ccc(C(NC)c2cc(Cl)ccc2C)cc1. The second-order valence-corrected chi connectivity index (χ2v) is 5.58. The molecule has 2 aromatic rings. The zero-order valence-corrected chi connectivity index (χ0v) is 13.6. The van der Waals surface area contributed by atoms with Crippen molar-refractivity contribution in [2.45, 2.75) is 26.3 Å². The van der Waals surface area contributed by atoms with Crippen LogP contribution in [0.5, 0.6) is 5.75 Å². The Morgan fingerprint density at radius 3 is 2.48 bits per heavy atom. The smallest absolute Gasteiger partial charge is 0.119 e. The highest BCUT2D eigenvalue weighted by atomic mass is 35.5. The quantitative estimate of drug-likeness (QED) is 0.832. The Morgan fingerprint density at radius 1 is 1.14 bits per heavy atom. The topological polar surface area (TPSA) is 21.3 Å². The summed E-state index contributed by atoms with van der Waals surface area (Å²) in [5.41, 5.74) is 3.63. The number of benzene rings is 2. The van der Waals surface area contributed by atoms with E-state index >= 15 is 0 Å². The minimum atomic E-state index is 0.129. The highest BCUT2D eigenvalue weighted by Crippen LogP contribution is 2.28. The van der Waals surface area contributed by atoms with Crippen LogP contribution in [0.4, 0.5) is 0 Å². The Labute approximate surface area is 132 Å². The maximum absolute atomic E-state index is 6.14. The van der Waals surface area contributed by atoms with Crippen LogP contribution in [0, 0.1) is 6.92 Å². The molecule has 0 bridgehead atoms. The molecule has 1 unspecified atom stereocenters. The first-order valence-electron chi connectivity index (χ1n) is 7.31. The highest BCUT2D eigenvalue weighted by molar-refractivity contribution is 6.30. The van der Waals surface area contributed by atoms with E-state index in [9.17, 15) is 0 Å². The van der Waals surface area contributed by atoms with Gasteiger partial charge in [0.25, 0.3) is 0 Å². The fourth-order valence-electron chi connectivity index (χ4n) is 2.40. The number of nitrogens with one attached hydrogen (secondary N) is 1. The van der Waals surface area contributed by atoms with E-state index in [1.165, 1.54) is 16.7 Å². The summed E-state index contributed by atoms with van der Waals surface area (Å²) in [7, 11) is 1.96. The second-order valence-electron chi connectivity index (χ2n) is 5.14. The average molecular weight is 304 g/mol. The van der Waals surface area contributed by atoms with Crippen molar-refractivity contribution in [3.63, 3.8) is 0 Å². The molecule has 0 saturated heterocycles. The minimum absolute atomic E-state index is 0.129. The molecule has 0 aliphatic carbocycles. The van der Waals surface area contributed by atoms with Crippen LogP contribution in [-0.2, 0) is 0 Å². The van der Waals surface area contributed by atoms with Gasteiger partial charge in [0, 0.05) is 5.02 Å². The van der Waals surface area contributed by atoms with E-state index in [4.69, 9.17) is 16.3 Å². The van der Waals surface area contributed by atoms with Crippen LogP contribution < -0.4 is 10.1 Å². The van der Waals surface area contributed by atoms with Gasteiger partial charge in [-0.25, -0.2) is 0 Å². The molecule has 3 heteroatoms. The van der Waals surface area contributed by atoms with Gasteiger partial charge in [0.1, 0.15) is 5.75 Å². The fraction of sp³-hybridized carbons (Fsp3) is 0.333. The zero-order valence-electron chi connectivity index (χ0n) is 12.8. The van der Waals surface area contributed by atoms with E-state index in [2.05, 4.69) is 37.4 Å². The lowest BCUT2D eigenvalue weighted by Gasteiger charge is -2.20. The molecular formula is C18H22ClNO. The first kappa shape index (κ1) is 15.9. The second kappa shape index (κ2) is 7.48. The summed E-state index contributed by atoms with van der Waals surface area (Å²) in [4.78, 5) is 0. The van der Waals surface area contributed by atoms with Gasteiger partial charge < -0.3 is 10.1 Å². The lowest BCUT2D eigenvalue weighted by molar-refractivity contribution is 0.317. The summed E-state index contributed by atoms with van der Waals surface area (Å²) >= 11 is 6.14. The van der Waals surface area contributed by atoms with E-state index < -0.39 is 0 Å². The van der Waals surface area contributed by atoms with E-state index in [1.54, 1.807) is 0 Å². The molecule has 0 radical (unpaired) electrons. The van der Waals surface area contributed by atoms with Gasteiger partial charge in [-0.1, -0.05) is 36.7 Å². The molecular weight excluding hydrogens is 282 g/mol. The molecule has 2 rings (SSSR count). The molecule has 1 atom stereocenters. The number of ether oxygens (including phenoxy) is 1. The standard InChI is InChI=1S/C18H22ClNO/c1-4-11-21-16-9-6-14(7-10-16)18(20-3)17-12-15(19)8-5-13(17)2/h5-10,12,18,20H,4,11H2,1-3H3. The van der Waals surface area contributed by atoms with E-state index in [1.807, 2.05) is 31.3 Å². The molecule has 112 valence electrons. The van der Waals surface area contributed by atoms with Crippen molar-refractivity contribution < 1.29 is 4.74 Å². The van der Waals surface area contributed by atoms with Gasteiger partial charge in [-0.2, -0.15) is 0 Å². The van der Waals surface area contributed by atoms with Crippen LogP contribution in [0.15, 0.2) is 42.5 Å². The minimum Gasteiger partial charge on any atom is -0.494 e. The lowest BCUT2D eigenvalue weighted by atomic mass is 9.95. The van der Waals surface area contributed by atoms with Crippen molar-refractivity contribution in [1.29, 1.82) is 0 Å². The molecule has 2 nitrogen and oxygen atoms in total. The molecule has 0 spiro atoms. The average Bonchev–Trinajstić information content (AvgIpc) is 2.50. The molecule has 0 saturated carbocycles. The number of hydrogen-bond acceptors (Lipinski definition) is 2. The number of hydrogen-bond donors (Lipinski definition) is 1. The molecule has 0 aliphatic rings. The van der Waals surface area contributed by atoms with Crippen LogP contribution >= 0.6 is 11.6 Å². The van der Waals surface area contributed by atoms with Crippen molar-refractivity contribution in [3.8, 4) is 5.75 Å². The van der Waals surface area contributed by atoms with Gasteiger partial charge in [0.15, 0.2) is 0 Å². The largest absolute Gasteiger partial charge is 0.494 e. The summed E-state index contributed by atoms with van der Waals surface area (Å²) < 4.78 is 5.63. The van der Waals surface area contributed by atoms with Gasteiger partial charge in [-0.3, -0.25) is 0 Å². The third-order valence-electron chi connectivity index (χ3n) is 3.53. The van der Waals surface area contributed by atoms with Gasteiger partial charge in [0.05, 0.1) is 12.6 Å². The summed E-state index contributed by atoms with van der Waals surface area (Å²) in [6.45, 7) is 4.96. The van der Waals surface area contributed by atoms with Gasteiger partial charge in [-0.15, -0.1) is 0 Å². The van der Waals surface area contributed by atoms with E-state index in [-0.39, 0.29) is 6.04 Å². The molecule has 0 heterocycles. The monoisotopic (exact) mass is 303 g/mol. The lowest BCUT2D eigenvalue weighted by Crippen LogP contribution is -2.18. The zero-order chi connectivity index (χ0) is 15.2. The Morgan fingerprint density at radius 2 is 1.86 bits per heavy atom. The van der Waals surface area contributed by atoms with Gasteiger partial charge in [-0.05, 0) is 61.3 Å². The molecule has 1 N–H and O–H groups in total. The predicted molar refractivity (Wildman–Crippen MR) is 89.3 cm³/mol. The number of halogens is 1. The number of aryl methyl sites for hydroxylation is 1. The third kappa shape index (κ3) is 3.99. The van der Waals surface area contributed by atoms with E-state index in [0.717, 1.165) is 23.8 Å². The maximum Gasteiger partial charge on any atom is 0.119 e. The van der Waals surface area contributed by atoms with E-state index in [0.29, 0.717) is 0 Å². The Kier molecular flexibility index (Phi) is 5.66. The van der Waals surface area contributed by atoms with Crippen LogP contribution in [-0.4, -0.2) is 13.7 Å². The summed E-state index contributed by atoms with van der Waals surface area (Å²) in [5.74, 6) is 0.915. The Balaban J connectivity index is 2.26. The van der Waals surface area contributed by atoms with Crippen LogP contribution in [0.3, 0.4) is 0 Å². The normalized spacial score (nSPS) is 12.2. The molecule has 0 amide bonds.